The number of halogens is 1. The van der Waals surface area contributed by atoms with E-state index in [2.05, 4.69) is 31.4 Å². The normalized spacial score (nSPS) is 34.9. The average molecular weight is 375 g/mol. The van der Waals surface area contributed by atoms with Crippen molar-refractivity contribution in [2.24, 2.45) is 23.2 Å². The van der Waals surface area contributed by atoms with E-state index in [1.807, 2.05) is 16.7 Å². The number of aromatic nitrogens is 3. The number of pyridine rings is 1. The van der Waals surface area contributed by atoms with Gasteiger partial charge in [0.15, 0.2) is 5.65 Å². The molecule has 4 aliphatic carbocycles. The van der Waals surface area contributed by atoms with Crippen LogP contribution in [-0.2, 0) is 4.79 Å². The Labute approximate surface area is 143 Å². The van der Waals surface area contributed by atoms with Crippen LogP contribution in [0.1, 0.15) is 38.5 Å². The van der Waals surface area contributed by atoms with Gasteiger partial charge in [0.1, 0.15) is 6.33 Å². The van der Waals surface area contributed by atoms with Gasteiger partial charge in [-0.2, -0.15) is 0 Å². The van der Waals surface area contributed by atoms with Gasteiger partial charge < -0.3 is 5.32 Å². The van der Waals surface area contributed by atoms with Crippen LogP contribution in [-0.4, -0.2) is 20.5 Å². The molecule has 2 aromatic rings. The molecule has 2 aromatic heterocycles. The number of nitrogens with one attached hydrogen (secondary N) is 1. The van der Waals surface area contributed by atoms with Crippen LogP contribution in [0.25, 0.3) is 5.65 Å². The Kier molecular flexibility index (Phi) is 2.90. The number of nitrogens with zero attached hydrogens (tertiary/aromatic N) is 3. The molecule has 5 nitrogen and oxygen atoms in total. The third-order valence-corrected chi connectivity index (χ3v) is 6.56. The number of fused-ring (bicyclic) bond motifs is 1. The van der Waals surface area contributed by atoms with Gasteiger partial charge in [-0.25, -0.2) is 0 Å². The number of rotatable bonds is 2. The van der Waals surface area contributed by atoms with Crippen LogP contribution >= 0.6 is 15.9 Å². The van der Waals surface area contributed by atoms with Crippen LogP contribution in [0.15, 0.2) is 23.1 Å². The van der Waals surface area contributed by atoms with Gasteiger partial charge in [-0.15, -0.1) is 10.2 Å². The fraction of sp³-hybridized carbons (Fsp3) is 0.588. The fourth-order valence-corrected chi connectivity index (χ4v) is 6.09. The smallest absolute Gasteiger partial charge is 0.230 e. The average Bonchev–Trinajstić information content (AvgIpc) is 2.94. The minimum absolute atomic E-state index is 0.145. The third-order valence-electron chi connectivity index (χ3n) is 6.13. The summed E-state index contributed by atoms with van der Waals surface area (Å²) < 4.78 is 2.74. The molecule has 0 unspecified atom stereocenters. The molecule has 0 radical (unpaired) electrons. The van der Waals surface area contributed by atoms with Gasteiger partial charge in [-0.05, 0) is 78.3 Å². The van der Waals surface area contributed by atoms with Crippen molar-refractivity contribution in [3.8, 4) is 0 Å². The zero-order valence-corrected chi connectivity index (χ0v) is 14.4. The summed E-state index contributed by atoms with van der Waals surface area (Å²) in [5, 5.41) is 11.3. The lowest BCUT2D eigenvalue weighted by atomic mass is 9.49. The first-order chi connectivity index (χ1) is 11.1. The summed E-state index contributed by atoms with van der Waals surface area (Å²) in [6, 6.07) is 1.92. The molecule has 1 N–H and O–H groups in total. The zero-order valence-electron chi connectivity index (χ0n) is 12.8. The molecule has 23 heavy (non-hydrogen) atoms. The zero-order chi connectivity index (χ0) is 15.6. The highest BCUT2D eigenvalue weighted by atomic mass is 79.9. The van der Waals surface area contributed by atoms with Crippen LogP contribution in [0.5, 0.6) is 0 Å². The highest BCUT2D eigenvalue weighted by Crippen LogP contribution is 2.60. The van der Waals surface area contributed by atoms with E-state index in [0.29, 0.717) is 5.65 Å². The van der Waals surface area contributed by atoms with E-state index in [1.165, 1.54) is 19.3 Å². The molecule has 4 aliphatic rings. The van der Waals surface area contributed by atoms with Gasteiger partial charge in [-0.3, -0.25) is 9.20 Å². The van der Waals surface area contributed by atoms with Crippen LogP contribution in [0, 0.1) is 23.2 Å². The molecule has 0 aliphatic heterocycles. The molecule has 0 aromatic carbocycles. The van der Waals surface area contributed by atoms with Gasteiger partial charge in [-0.1, -0.05) is 0 Å². The predicted molar refractivity (Wildman–Crippen MR) is 89.9 cm³/mol. The Morgan fingerprint density at radius 1 is 1.22 bits per heavy atom. The van der Waals surface area contributed by atoms with Crippen molar-refractivity contribution in [2.75, 3.05) is 5.32 Å². The topological polar surface area (TPSA) is 59.3 Å². The number of hydrogen-bond acceptors (Lipinski definition) is 3. The SMILES string of the molecule is O=C(Nc1cc(Br)cn2cnnc12)C12CC3CC(CC(C3)C1)C2. The lowest BCUT2D eigenvalue weighted by molar-refractivity contribution is -0.140. The third kappa shape index (κ3) is 2.14. The van der Waals surface area contributed by atoms with Crippen molar-refractivity contribution in [1.82, 2.24) is 14.6 Å². The minimum atomic E-state index is -0.145. The van der Waals surface area contributed by atoms with Crippen molar-refractivity contribution >= 4 is 33.2 Å². The Hall–Kier alpha value is -1.43. The number of carbonyl (C=O) groups is 1. The molecular weight excluding hydrogens is 356 g/mol. The Bertz CT molecular complexity index is 764. The van der Waals surface area contributed by atoms with Gasteiger partial charge >= 0.3 is 0 Å². The quantitative estimate of drug-likeness (QED) is 0.872. The second kappa shape index (κ2) is 4.79. The second-order valence-electron chi connectivity index (χ2n) is 7.79. The number of amides is 1. The number of carbonyl (C=O) groups excluding carboxylic acids is 1. The van der Waals surface area contributed by atoms with Crippen molar-refractivity contribution in [3.63, 3.8) is 0 Å². The van der Waals surface area contributed by atoms with E-state index in [1.54, 1.807) is 6.33 Å². The van der Waals surface area contributed by atoms with Crippen LogP contribution in [0.2, 0.25) is 0 Å². The molecule has 6 rings (SSSR count). The molecule has 0 spiro atoms. The summed E-state index contributed by atoms with van der Waals surface area (Å²) in [7, 11) is 0. The second-order valence-corrected chi connectivity index (χ2v) is 8.70. The Balaban J connectivity index is 1.48. The maximum absolute atomic E-state index is 13.2. The van der Waals surface area contributed by atoms with E-state index < -0.39 is 0 Å². The minimum Gasteiger partial charge on any atom is -0.322 e. The van der Waals surface area contributed by atoms with E-state index in [4.69, 9.17) is 0 Å². The Morgan fingerprint density at radius 3 is 2.52 bits per heavy atom. The molecule has 120 valence electrons. The standard InChI is InChI=1S/C17H19BrN4O/c18-13-4-14(15-21-19-9-22(15)8-13)20-16(23)17-5-10-1-11(6-17)3-12(2-10)7-17/h4,8-12H,1-3,5-7H2,(H,20,23). The van der Waals surface area contributed by atoms with Gasteiger partial charge in [0.2, 0.25) is 5.91 Å². The molecule has 4 fully saturated rings. The number of hydrogen-bond donors (Lipinski definition) is 1. The van der Waals surface area contributed by atoms with Crippen LogP contribution in [0.3, 0.4) is 0 Å². The molecule has 6 heteroatoms. The number of anilines is 1. The van der Waals surface area contributed by atoms with Crippen molar-refractivity contribution < 1.29 is 4.79 Å². The first kappa shape index (κ1) is 14.0. The van der Waals surface area contributed by atoms with Crippen LogP contribution in [0.4, 0.5) is 5.69 Å². The fourth-order valence-electron chi connectivity index (χ4n) is 5.64. The molecule has 2 heterocycles. The summed E-state index contributed by atoms with van der Waals surface area (Å²) >= 11 is 3.49. The molecule has 0 saturated heterocycles. The van der Waals surface area contributed by atoms with E-state index in [-0.39, 0.29) is 11.3 Å². The maximum Gasteiger partial charge on any atom is 0.230 e. The lowest BCUT2D eigenvalue weighted by Crippen LogP contribution is -2.51. The van der Waals surface area contributed by atoms with Gasteiger partial charge in [0, 0.05) is 10.7 Å². The summed E-state index contributed by atoms with van der Waals surface area (Å²) in [5.74, 6) is 2.49. The summed E-state index contributed by atoms with van der Waals surface area (Å²) in [5.41, 5.74) is 1.30. The largest absolute Gasteiger partial charge is 0.322 e. The first-order valence-electron chi connectivity index (χ1n) is 8.42. The first-order valence-corrected chi connectivity index (χ1v) is 9.21. The van der Waals surface area contributed by atoms with Crippen LogP contribution < -0.4 is 5.32 Å². The van der Waals surface area contributed by atoms with E-state index >= 15 is 0 Å². The van der Waals surface area contributed by atoms with E-state index in [0.717, 1.165) is 47.2 Å². The summed E-state index contributed by atoms with van der Waals surface area (Å²) in [4.78, 5) is 13.2. The van der Waals surface area contributed by atoms with Crippen molar-refractivity contribution in [1.29, 1.82) is 0 Å². The van der Waals surface area contributed by atoms with Gasteiger partial charge in [0.25, 0.3) is 0 Å². The monoisotopic (exact) mass is 374 g/mol. The molecule has 0 atom stereocenters. The van der Waals surface area contributed by atoms with Gasteiger partial charge in [0.05, 0.1) is 11.1 Å². The Morgan fingerprint density at radius 2 is 1.87 bits per heavy atom. The van der Waals surface area contributed by atoms with E-state index in [9.17, 15) is 4.79 Å². The summed E-state index contributed by atoms with van der Waals surface area (Å²) in [6.45, 7) is 0. The van der Waals surface area contributed by atoms with Crippen molar-refractivity contribution in [2.45, 2.75) is 38.5 Å². The summed E-state index contributed by atoms with van der Waals surface area (Å²) in [6.07, 6.45) is 10.8. The molecular formula is C17H19BrN4O. The highest BCUT2D eigenvalue weighted by Gasteiger charge is 2.54. The predicted octanol–water partition coefficient (Wildman–Crippen LogP) is 3.65. The lowest BCUT2D eigenvalue weighted by Gasteiger charge is -2.55. The molecule has 4 saturated carbocycles. The van der Waals surface area contributed by atoms with Crippen molar-refractivity contribution in [3.05, 3.63) is 23.1 Å². The maximum atomic E-state index is 13.2. The molecule has 4 bridgehead atoms. The highest BCUT2D eigenvalue weighted by molar-refractivity contribution is 9.10. The molecule has 1 amide bonds.